The number of rotatable bonds is 3. The number of ether oxygens (including phenoxy) is 2. The largest absolute Gasteiger partial charge is 0.496 e. The summed E-state index contributed by atoms with van der Waals surface area (Å²) in [6.07, 6.45) is 1.61. The first kappa shape index (κ1) is 19.0. The van der Waals surface area contributed by atoms with Crippen LogP contribution in [0.15, 0.2) is 12.1 Å². The topological polar surface area (TPSA) is 56.6 Å². The van der Waals surface area contributed by atoms with Crippen LogP contribution >= 0.6 is 0 Å². The monoisotopic (exact) mass is 383 g/mol. The van der Waals surface area contributed by atoms with Crippen LogP contribution in [0, 0.1) is 6.92 Å². The Morgan fingerprint density at radius 2 is 2.11 bits per heavy atom. The van der Waals surface area contributed by atoms with Gasteiger partial charge in [0.2, 0.25) is 0 Å². The van der Waals surface area contributed by atoms with E-state index in [1.807, 2.05) is 30.4 Å². The third-order valence-electron chi connectivity index (χ3n) is 5.91. The fourth-order valence-electron chi connectivity index (χ4n) is 4.52. The third-order valence-corrected chi connectivity index (χ3v) is 5.91. The number of benzene rings is 1. The van der Waals surface area contributed by atoms with Gasteiger partial charge in [-0.15, -0.1) is 0 Å². The van der Waals surface area contributed by atoms with E-state index in [1.165, 1.54) is 11.1 Å². The summed E-state index contributed by atoms with van der Waals surface area (Å²) in [5.74, 6) is 0.996. The van der Waals surface area contributed by atoms with Gasteiger partial charge in [0, 0.05) is 31.6 Å². The van der Waals surface area contributed by atoms with E-state index >= 15 is 0 Å². The molecule has 3 heterocycles. The molecule has 0 saturated heterocycles. The van der Waals surface area contributed by atoms with E-state index in [0.717, 1.165) is 41.1 Å². The molecule has 2 aliphatic rings. The first-order valence-electron chi connectivity index (χ1n) is 10.1. The van der Waals surface area contributed by atoms with Crippen molar-refractivity contribution in [3.63, 3.8) is 0 Å². The third kappa shape index (κ3) is 3.09. The Balaban J connectivity index is 1.67. The molecule has 0 N–H and O–H groups in total. The molecule has 2 aliphatic heterocycles. The zero-order valence-corrected chi connectivity index (χ0v) is 17.4. The Bertz CT molecular complexity index is 918. The summed E-state index contributed by atoms with van der Waals surface area (Å²) in [4.78, 5) is 15.5. The van der Waals surface area contributed by atoms with E-state index in [1.54, 1.807) is 7.11 Å². The molecule has 1 amide bonds. The van der Waals surface area contributed by atoms with Gasteiger partial charge in [0.1, 0.15) is 11.4 Å². The molecule has 6 nitrogen and oxygen atoms in total. The van der Waals surface area contributed by atoms with Gasteiger partial charge in [-0.1, -0.05) is 6.07 Å². The van der Waals surface area contributed by atoms with Gasteiger partial charge in [0.05, 0.1) is 25.0 Å². The van der Waals surface area contributed by atoms with Crippen molar-refractivity contribution in [3.05, 3.63) is 45.8 Å². The van der Waals surface area contributed by atoms with Gasteiger partial charge in [-0.3, -0.25) is 9.48 Å². The van der Waals surface area contributed by atoms with Crippen LogP contribution in [0.5, 0.6) is 5.75 Å². The van der Waals surface area contributed by atoms with Crippen LogP contribution in [-0.2, 0) is 30.7 Å². The van der Waals surface area contributed by atoms with E-state index in [-0.39, 0.29) is 18.1 Å². The molecular formula is C22H29N3O3. The predicted molar refractivity (Wildman–Crippen MR) is 107 cm³/mol. The Hall–Kier alpha value is -2.34. The fraction of sp³-hybridized carbons (Fsp3) is 0.545. The lowest BCUT2D eigenvalue weighted by Crippen LogP contribution is -2.38. The maximum atomic E-state index is 13.5. The maximum Gasteiger partial charge on any atom is 0.272 e. The first-order valence-corrected chi connectivity index (χ1v) is 10.1. The summed E-state index contributed by atoms with van der Waals surface area (Å²) in [6.45, 7) is 10.2. The number of carbonyl (C=O) groups excluding carboxylic acids is 1. The Labute approximate surface area is 166 Å². The van der Waals surface area contributed by atoms with Crippen LogP contribution in [0.3, 0.4) is 0 Å². The van der Waals surface area contributed by atoms with Crippen LogP contribution in [0.1, 0.15) is 65.3 Å². The van der Waals surface area contributed by atoms with Crippen LogP contribution in [0.2, 0.25) is 0 Å². The molecule has 0 saturated carbocycles. The van der Waals surface area contributed by atoms with E-state index in [4.69, 9.17) is 14.6 Å². The zero-order chi connectivity index (χ0) is 20.0. The minimum atomic E-state index is -0.0738. The summed E-state index contributed by atoms with van der Waals surface area (Å²) in [7, 11) is 1.70. The summed E-state index contributed by atoms with van der Waals surface area (Å²) >= 11 is 0. The quantitative estimate of drug-likeness (QED) is 0.815. The summed E-state index contributed by atoms with van der Waals surface area (Å²) in [5, 5.41) is 4.71. The second-order valence-electron chi connectivity index (χ2n) is 7.89. The van der Waals surface area contributed by atoms with Crippen molar-refractivity contribution in [2.45, 2.75) is 65.8 Å². The van der Waals surface area contributed by atoms with E-state index < -0.39 is 0 Å². The highest BCUT2D eigenvalue weighted by Gasteiger charge is 2.34. The minimum Gasteiger partial charge on any atom is -0.496 e. The van der Waals surface area contributed by atoms with E-state index in [2.05, 4.69) is 19.1 Å². The zero-order valence-electron chi connectivity index (χ0n) is 17.4. The second-order valence-corrected chi connectivity index (χ2v) is 7.89. The van der Waals surface area contributed by atoms with Crippen molar-refractivity contribution >= 4 is 5.91 Å². The van der Waals surface area contributed by atoms with Gasteiger partial charge < -0.3 is 14.4 Å². The molecular weight excluding hydrogens is 354 g/mol. The summed E-state index contributed by atoms with van der Waals surface area (Å²) < 4.78 is 13.2. The lowest BCUT2D eigenvalue weighted by atomic mass is 9.95. The molecule has 0 radical (unpaired) electrons. The van der Waals surface area contributed by atoms with E-state index in [0.29, 0.717) is 19.6 Å². The molecule has 28 heavy (non-hydrogen) atoms. The number of aryl methyl sites for hydroxylation is 2. The molecule has 0 aliphatic carbocycles. The maximum absolute atomic E-state index is 13.5. The normalized spacial score (nSPS) is 21.2. The van der Waals surface area contributed by atoms with Crippen molar-refractivity contribution in [3.8, 4) is 5.75 Å². The number of hydrogen-bond acceptors (Lipinski definition) is 4. The lowest BCUT2D eigenvalue weighted by molar-refractivity contribution is -0.00716. The number of methoxy groups -OCH3 is 1. The van der Waals surface area contributed by atoms with Crippen LogP contribution in [0.25, 0.3) is 0 Å². The molecule has 2 atom stereocenters. The summed E-state index contributed by atoms with van der Waals surface area (Å²) in [5.41, 5.74) is 6.31. The standard InChI is InChI=1S/C22H29N3O3/c1-6-25-21(18-10-14(3)28-15(4)20(18)23-25)22(26)24-8-7-16-11-19(27-5)13(2)9-17(16)12-24/h9,11,14-15H,6-8,10,12H2,1-5H3/t14-,15+/m0/s1. The lowest BCUT2D eigenvalue weighted by Gasteiger charge is -2.31. The van der Waals surface area contributed by atoms with Gasteiger partial charge in [0.25, 0.3) is 5.91 Å². The molecule has 6 heteroatoms. The van der Waals surface area contributed by atoms with Crippen LogP contribution in [0.4, 0.5) is 0 Å². The van der Waals surface area contributed by atoms with Crippen molar-refractivity contribution in [2.24, 2.45) is 0 Å². The molecule has 0 fully saturated rings. The molecule has 4 rings (SSSR count). The highest BCUT2D eigenvalue weighted by molar-refractivity contribution is 5.94. The average Bonchev–Trinajstić information content (AvgIpc) is 3.05. The van der Waals surface area contributed by atoms with Gasteiger partial charge in [-0.2, -0.15) is 5.10 Å². The van der Waals surface area contributed by atoms with Gasteiger partial charge in [-0.25, -0.2) is 0 Å². The number of carbonyl (C=O) groups is 1. The van der Waals surface area contributed by atoms with Crippen LogP contribution < -0.4 is 4.74 Å². The minimum absolute atomic E-state index is 0.0738. The smallest absolute Gasteiger partial charge is 0.272 e. The van der Waals surface area contributed by atoms with Crippen LogP contribution in [-0.4, -0.2) is 40.3 Å². The number of nitrogens with zero attached hydrogens (tertiary/aromatic N) is 3. The average molecular weight is 383 g/mol. The second kappa shape index (κ2) is 7.24. The molecule has 150 valence electrons. The van der Waals surface area contributed by atoms with Gasteiger partial charge in [-0.05, 0) is 56.9 Å². The SMILES string of the molecule is CCn1nc2c(c1C(=O)N1CCc3cc(OC)c(C)cc3C1)C[C@H](C)O[C@@H]2C. The number of aromatic nitrogens is 2. The van der Waals surface area contributed by atoms with Gasteiger partial charge >= 0.3 is 0 Å². The van der Waals surface area contributed by atoms with Crippen molar-refractivity contribution in [1.82, 2.24) is 14.7 Å². The van der Waals surface area contributed by atoms with Crippen molar-refractivity contribution in [2.75, 3.05) is 13.7 Å². The molecule has 0 unspecified atom stereocenters. The van der Waals surface area contributed by atoms with Crippen molar-refractivity contribution in [1.29, 1.82) is 0 Å². The number of amides is 1. The molecule has 0 bridgehead atoms. The Morgan fingerprint density at radius 3 is 2.82 bits per heavy atom. The summed E-state index contributed by atoms with van der Waals surface area (Å²) in [6, 6.07) is 4.27. The number of fused-ring (bicyclic) bond motifs is 2. The molecule has 1 aromatic carbocycles. The van der Waals surface area contributed by atoms with Crippen molar-refractivity contribution < 1.29 is 14.3 Å². The Kier molecular flexibility index (Phi) is 4.91. The van der Waals surface area contributed by atoms with E-state index in [9.17, 15) is 4.79 Å². The highest BCUT2D eigenvalue weighted by Crippen LogP contribution is 2.33. The number of hydrogen-bond donors (Lipinski definition) is 0. The Morgan fingerprint density at radius 1 is 1.32 bits per heavy atom. The highest BCUT2D eigenvalue weighted by atomic mass is 16.5. The molecule has 2 aromatic rings. The predicted octanol–water partition coefficient (Wildman–Crippen LogP) is 3.44. The molecule has 1 aromatic heterocycles. The first-order chi connectivity index (χ1) is 13.4. The molecule has 0 spiro atoms. The van der Waals surface area contributed by atoms with Gasteiger partial charge in [0.15, 0.2) is 0 Å². The fourth-order valence-corrected chi connectivity index (χ4v) is 4.52.